The van der Waals surface area contributed by atoms with E-state index in [1.165, 1.54) is 0 Å². The van der Waals surface area contributed by atoms with Gasteiger partial charge in [0.1, 0.15) is 0 Å². The van der Waals surface area contributed by atoms with Crippen molar-refractivity contribution in [2.45, 2.75) is 6.54 Å². The van der Waals surface area contributed by atoms with Crippen molar-refractivity contribution in [2.24, 2.45) is 10.7 Å². The van der Waals surface area contributed by atoms with Gasteiger partial charge >= 0.3 is 0 Å². The molecule has 0 aliphatic carbocycles. The molecule has 0 unspecified atom stereocenters. The lowest BCUT2D eigenvalue weighted by Gasteiger charge is -2.07. The Morgan fingerprint density at radius 2 is 1.58 bits per heavy atom. The number of hydrogen-bond acceptors (Lipinski definition) is 2. The zero-order valence-electron chi connectivity index (χ0n) is 14.1. The predicted octanol–water partition coefficient (Wildman–Crippen LogP) is 4.77. The highest BCUT2D eigenvalue weighted by Gasteiger charge is 2.03. The lowest BCUT2D eigenvalue weighted by Crippen LogP contribution is -2.22. The van der Waals surface area contributed by atoms with E-state index in [1.54, 1.807) is 0 Å². The minimum Gasteiger partial charge on any atom is -0.370 e. The van der Waals surface area contributed by atoms with Crippen LogP contribution in [0.5, 0.6) is 0 Å². The van der Waals surface area contributed by atoms with Crippen LogP contribution >= 0.6 is 24.0 Å². The topological polar surface area (TPSA) is 74.2 Å². The highest BCUT2D eigenvalue weighted by atomic mass is 127. The number of aliphatic imine (C=N–C) groups is 1. The fourth-order valence-corrected chi connectivity index (χ4v) is 2.51. The van der Waals surface area contributed by atoms with Crippen LogP contribution in [0.15, 0.2) is 83.9 Å². The van der Waals surface area contributed by atoms with Crippen molar-refractivity contribution >= 4 is 35.6 Å². The molecular weight excluding hydrogens is 435 g/mol. The number of anilines is 1. The number of nitrogens with zero attached hydrogens (tertiary/aromatic N) is 2. The summed E-state index contributed by atoms with van der Waals surface area (Å²) in [5, 5.41) is 12.3. The molecule has 0 atom stereocenters. The Hall–Kier alpha value is -2.85. The Kier molecular flexibility index (Phi) is 7.18. The maximum atomic E-state index is 9.21. The lowest BCUT2D eigenvalue weighted by molar-refractivity contribution is 1.06. The van der Waals surface area contributed by atoms with E-state index in [0.717, 1.165) is 22.4 Å². The predicted molar refractivity (Wildman–Crippen MR) is 117 cm³/mol. The van der Waals surface area contributed by atoms with Gasteiger partial charge in [-0.3, -0.25) is 0 Å². The average Bonchev–Trinajstić information content (AvgIpc) is 2.67. The molecule has 0 radical (unpaired) electrons. The number of hydrogen-bond donors (Lipinski definition) is 2. The third-order valence-electron chi connectivity index (χ3n) is 3.79. The number of rotatable bonds is 4. The van der Waals surface area contributed by atoms with E-state index in [0.29, 0.717) is 18.1 Å². The largest absolute Gasteiger partial charge is 0.370 e. The molecule has 3 aromatic carbocycles. The summed E-state index contributed by atoms with van der Waals surface area (Å²) in [4.78, 5) is 4.36. The molecule has 4 nitrogen and oxygen atoms in total. The first-order valence-corrected chi connectivity index (χ1v) is 7.97. The third-order valence-corrected chi connectivity index (χ3v) is 3.79. The van der Waals surface area contributed by atoms with Gasteiger partial charge in [-0.25, -0.2) is 4.99 Å². The molecule has 0 heterocycles. The van der Waals surface area contributed by atoms with Gasteiger partial charge in [0.2, 0.25) is 0 Å². The smallest absolute Gasteiger partial charge is 0.193 e. The van der Waals surface area contributed by atoms with E-state index in [-0.39, 0.29) is 24.0 Å². The third kappa shape index (κ3) is 5.07. The van der Waals surface area contributed by atoms with Crippen LogP contribution in [0.3, 0.4) is 0 Å². The molecule has 3 N–H and O–H groups in total. The number of nitrogens with two attached hydrogens (primary N) is 1. The van der Waals surface area contributed by atoms with Gasteiger partial charge in [-0.05, 0) is 34.9 Å². The molecule has 3 rings (SSSR count). The van der Waals surface area contributed by atoms with E-state index >= 15 is 0 Å². The van der Waals surface area contributed by atoms with Gasteiger partial charge in [0.05, 0.1) is 18.2 Å². The minimum absolute atomic E-state index is 0. The van der Waals surface area contributed by atoms with Crippen LogP contribution in [-0.2, 0) is 6.54 Å². The molecule has 130 valence electrons. The quantitative estimate of drug-likeness (QED) is 0.339. The fraction of sp³-hybridized carbons (Fsp3) is 0.0476. The fourth-order valence-electron chi connectivity index (χ4n) is 2.51. The van der Waals surface area contributed by atoms with Gasteiger partial charge in [0.25, 0.3) is 0 Å². The summed E-state index contributed by atoms with van der Waals surface area (Å²) in [5.74, 6) is 0.380. The molecule has 0 spiro atoms. The molecule has 0 aromatic heterocycles. The molecule has 0 bridgehead atoms. The van der Waals surface area contributed by atoms with Crippen molar-refractivity contribution < 1.29 is 0 Å². The van der Waals surface area contributed by atoms with Gasteiger partial charge in [0.15, 0.2) is 5.96 Å². The Morgan fingerprint density at radius 3 is 2.27 bits per heavy atom. The number of halogens is 1. The molecule has 0 aliphatic heterocycles. The maximum absolute atomic E-state index is 9.21. The molecule has 26 heavy (non-hydrogen) atoms. The average molecular weight is 454 g/mol. The van der Waals surface area contributed by atoms with Crippen molar-refractivity contribution in [2.75, 3.05) is 5.32 Å². The summed E-state index contributed by atoms with van der Waals surface area (Å²) in [6, 6.07) is 27.5. The number of nitriles is 1. The van der Waals surface area contributed by atoms with Crippen LogP contribution in [0.25, 0.3) is 11.1 Å². The van der Waals surface area contributed by atoms with Crippen molar-refractivity contribution in [3.63, 3.8) is 0 Å². The molecule has 0 amide bonds. The first-order chi connectivity index (χ1) is 12.3. The van der Waals surface area contributed by atoms with Crippen LogP contribution in [0.4, 0.5) is 5.69 Å². The van der Waals surface area contributed by atoms with Gasteiger partial charge < -0.3 is 11.1 Å². The van der Waals surface area contributed by atoms with E-state index in [4.69, 9.17) is 5.73 Å². The summed E-state index contributed by atoms with van der Waals surface area (Å²) < 4.78 is 0. The molecule has 0 saturated heterocycles. The Bertz CT molecular complexity index is 913. The number of benzene rings is 3. The Labute approximate surface area is 170 Å². The maximum Gasteiger partial charge on any atom is 0.193 e. The standard InChI is InChI=1S/C21H18N4.HI/c22-14-18-6-4-5-9-20(18)17-12-10-16(11-13-17)15-24-21(23)25-19-7-2-1-3-8-19;/h1-13H,15H2,(H3,23,24,25);1H. The van der Waals surface area contributed by atoms with E-state index in [2.05, 4.69) is 16.4 Å². The second-order valence-corrected chi connectivity index (χ2v) is 5.55. The first-order valence-electron chi connectivity index (χ1n) is 7.97. The van der Waals surface area contributed by atoms with Crippen LogP contribution in [-0.4, -0.2) is 5.96 Å². The minimum atomic E-state index is 0. The van der Waals surface area contributed by atoms with Crippen LogP contribution in [0, 0.1) is 11.3 Å². The molecule has 0 saturated carbocycles. The second-order valence-electron chi connectivity index (χ2n) is 5.55. The van der Waals surface area contributed by atoms with E-state index < -0.39 is 0 Å². The number of nitrogens with one attached hydrogen (secondary N) is 1. The molecule has 5 heteroatoms. The van der Waals surface area contributed by atoms with E-state index in [1.807, 2.05) is 78.9 Å². The van der Waals surface area contributed by atoms with Crippen molar-refractivity contribution in [1.82, 2.24) is 0 Å². The van der Waals surface area contributed by atoms with Crippen molar-refractivity contribution in [3.8, 4) is 17.2 Å². The normalized spacial score (nSPS) is 10.5. The summed E-state index contributed by atoms with van der Waals surface area (Å²) in [6.07, 6.45) is 0. The molecule has 0 aliphatic rings. The zero-order chi connectivity index (χ0) is 17.5. The number of para-hydroxylation sites is 1. The van der Waals surface area contributed by atoms with Crippen LogP contribution in [0.2, 0.25) is 0 Å². The lowest BCUT2D eigenvalue weighted by atomic mass is 9.99. The molecular formula is C21H19IN4. The first kappa shape index (κ1) is 19.5. The second kappa shape index (κ2) is 9.59. The van der Waals surface area contributed by atoms with Crippen LogP contribution in [0.1, 0.15) is 11.1 Å². The molecule has 0 fully saturated rings. The highest BCUT2D eigenvalue weighted by molar-refractivity contribution is 14.0. The summed E-state index contributed by atoms with van der Waals surface area (Å²) in [5.41, 5.74) is 10.5. The van der Waals surface area contributed by atoms with Gasteiger partial charge in [0, 0.05) is 5.69 Å². The van der Waals surface area contributed by atoms with Crippen LogP contribution < -0.4 is 11.1 Å². The number of guanidine groups is 1. The van der Waals surface area contributed by atoms with E-state index in [9.17, 15) is 5.26 Å². The summed E-state index contributed by atoms with van der Waals surface area (Å²) >= 11 is 0. The monoisotopic (exact) mass is 454 g/mol. The zero-order valence-corrected chi connectivity index (χ0v) is 16.4. The van der Waals surface area contributed by atoms with Crippen molar-refractivity contribution in [3.05, 3.63) is 90.0 Å². The highest BCUT2D eigenvalue weighted by Crippen LogP contribution is 2.23. The Balaban J connectivity index is 0.00000243. The van der Waals surface area contributed by atoms with Gasteiger partial charge in [-0.2, -0.15) is 5.26 Å². The van der Waals surface area contributed by atoms with Crippen molar-refractivity contribution in [1.29, 1.82) is 5.26 Å². The van der Waals surface area contributed by atoms with Gasteiger partial charge in [-0.1, -0.05) is 60.7 Å². The SMILES string of the molecule is I.N#Cc1ccccc1-c1ccc(CN=C(N)Nc2ccccc2)cc1. The molecule has 3 aromatic rings. The Morgan fingerprint density at radius 1 is 0.923 bits per heavy atom. The summed E-state index contributed by atoms with van der Waals surface area (Å²) in [6.45, 7) is 0.492. The summed E-state index contributed by atoms with van der Waals surface area (Å²) in [7, 11) is 0. The van der Waals surface area contributed by atoms with Gasteiger partial charge in [-0.15, -0.1) is 24.0 Å².